The highest BCUT2D eigenvalue weighted by Gasteiger charge is 2.34. The lowest BCUT2D eigenvalue weighted by Crippen LogP contribution is -2.13. The fraction of sp³-hybridized carbons (Fsp3) is 0.154. The normalized spacial score (nSPS) is 12.4. The maximum atomic E-state index is 13.1. The number of aryl methyl sites for hydroxylation is 1. The Kier molecular flexibility index (Phi) is 2.26. The smallest absolute Gasteiger partial charge is 0.359 e. The second-order valence-electron chi connectivity index (χ2n) is 4.45. The van der Waals surface area contributed by atoms with Gasteiger partial charge in [0.2, 0.25) is 5.56 Å². The molecule has 0 aliphatic carbocycles. The summed E-state index contributed by atoms with van der Waals surface area (Å²) in [5, 5.41) is 0.479. The van der Waals surface area contributed by atoms with Gasteiger partial charge in [-0.25, -0.2) is 0 Å². The van der Waals surface area contributed by atoms with Gasteiger partial charge in [-0.1, -0.05) is 0 Å². The molecule has 3 nitrogen and oxygen atoms in total. The van der Waals surface area contributed by atoms with E-state index in [0.717, 1.165) is 5.69 Å². The topological polar surface area (TPSA) is 48.6 Å². The number of fused-ring (bicyclic) bond motifs is 3. The molecule has 0 spiro atoms. The third-order valence-electron chi connectivity index (χ3n) is 3.05. The number of hydrogen-bond donors (Lipinski definition) is 2. The number of halogens is 3. The van der Waals surface area contributed by atoms with E-state index in [1.165, 1.54) is 6.07 Å². The minimum atomic E-state index is -4.56. The molecule has 0 aliphatic rings. The first-order valence-corrected chi connectivity index (χ1v) is 5.59. The van der Waals surface area contributed by atoms with Crippen LogP contribution >= 0.6 is 0 Å². The molecule has 0 atom stereocenters. The third-order valence-corrected chi connectivity index (χ3v) is 3.05. The number of alkyl halides is 3. The number of pyridine rings is 1. The number of hydrogen-bond acceptors (Lipinski definition) is 1. The molecule has 2 aromatic heterocycles. The van der Waals surface area contributed by atoms with Gasteiger partial charge in [-0.2, -0.15) is 13.2 Å². The summed E-state index contributed by atoms with van der Waals surface area (Å²) in [5.74, 6) is 0. The first kappa shape index (κ1) is 11.8. The summed E-state index contributed by atoms with van der Waals surface area (Å²) >= 11 is 0. The van der Waals surface area contributed by atoms with Crippen molar-refractivity contribution in [3.8, 4) is 0 Å². The molecule has 19 heavy (non-hydrogen) atoms. The summed E-state index contributed by atoms with van der Waals surface area (Å²) in [4.78, 5) is 16.7. The molecular formula is C13H9F3N2O. The van der Waals surface area contributed by atoms with Crippen molar-refractivity contribution in [1.29, 1.82) is 0 Å². The molecule has 0 amide bonds. The van der Waals surface area contributed by atoms with Gasteiger partial charge in [0.25, 0.3) is 0 Å². The zero-order valence-electron chi connectivity index (χ0n) is 9.85. The Bertz CT molecular complexity index is 843. The second-order valence-corrected chi connectivity index (χ2v) is 4.45. The highest BCUT2D eigenvalue weighted by atomic mass is 19.4. The molecule has 0 fully saturated rings. The number of benzene rings is 1. The monoisotopic (exact) mass is 266 g/mol. The number of rotatable bonds is 0. The molecule has 2 N–H and O–H groups in total. The number of H-pyrrole nitrogens is 2. The first-order valence-electron chi connectivity index (χ1n) is 5.59. The second kappa shape index (κ2) is 3.63. The molecule has 0 saturated carbocycles. The molecule has 3 rings (SSSR count). The molecule has 0 radical (unpaired) electrons. The Hall–Kier alpha value is -2.24. The molecule has 6 heteroatoms. The number of nitrogens with one attached hydrogen (secondary N) is 2. The van der Waals surface area contributed by atoms with Crippen molar-refractivity contribution in [2.45, 2.75) is 13.1 Å². The maximum absolute atomic E-state index is 13.1. The highest BCUT2D eigenvalue weighted by molar-refractivity contribution is 6.07. The SMILES string of the molecule is Cc1cc2c(ccc3[nH]c(=O)cc(C(F)(F)F)c32)[nH]1. The Balaban J connectivity index is 2.59. The summed E-state index contributed by atoms with van der Waals surface area (Å²) in [6.45, 7) is 1.77. The fourth-order valence-electron chi connectivity index (χ4n) is 2.33. The molecule has 0 unspecified atom stereocenters. The average Bonchev–Trinajstić information content (AvgIpc) is 2.66. The predicted octanol–water partition coefficient (Wildman–Crippen LogP) is 3.34. The van der Waals surface area contributed by atoms with Gasteiger partial charge in [-0.3, -0.25) is 4.79 Å². The molecule has 0 bridgehead atoms. The maximum Gasteiger partial charge on any atom is 0.417 e. The summed E-state index contributed by atoms with van der Waals surface area (Å²) in [5.41, 5.74) is -0.0991. The van der Waals surface area contributed by atoms with Crippen molar-refractivity contribution >= 4 is 21.8 Å². The van der Waals surface area contributed by atoms with Crippen molar-refractivity contribution in [2.24, 2.45) is 0 Å². The van der Waals surface area contributed by atoms with Crippen molar-refractivity contribution in [1.82, 2.24) is 9.97 Å². The number of aromatic amines is 2. The average molecular weight is 266 g/mol. The molecular weight excluding hydrogens is 257 g/mol. The summed E-state index contributed by atoms with van der Waals surface area (Å²) in [7, 11) is 0. The molecule has 3 aromatic rings. The molecule has 2 heterocycles. The van der Waals surface area contributed by atoms with Crippen LogP contribution in [0.5, 0.6) is 0 Å². The van der Waals surface area contributed by atoms with Crippen LogP contribution in [-0.2, 0) is 6.18 Å². The van der Waals surface area contributed by atoms with Crippen LogP contribution in [-0.4, -0.2) is 9.97 Å². The summed E-state index contributed by atoms with van der Waals surface area (Å²) < 4.78 is 39.2. The van der Waals surface area contributed by atoms with Gasteiger partial charge < -0.3 is 9.97 Å². The fourth-order valence-corrected chi connectivity index (χ4v) is 2.33. The van der Waals surface area contributed by atoms with E-state index in [-0.39, 0.29) is 10.9 Å². The van der Waals surface area contributed by atoms with Gasteiger partial charge in [-0.15, -0.1) is 0 Å². The molecule has 0 aliphatic heterocycles. The third kappa shape index (κ3) is 1.80. The minimum Gasteiger partial charge on any atom is -0.359 e. The van der Waals surface area contributed by atoms with Crippen molar-refractivity contribution in [3.05, 3.63) is 45.9 Å². The Labute approximate surface area is 105 Å². The van der Waals surface area contributed by atoms with Gasteiger partial charge >= 0.3 is 6.18 Å². The number of aromatic nitrogens is 2. The lowest BCUT2D eigenvalue weighted by molar-refractivity contribution is -0.136. The van der Waals surface area contributed by atoms with Crippen LogP contribution < -0.4 is 5.56 Å². The minimum absolute atomic E-state index is 0.0222. The highest BCUT2D eigenvalue weighted by Crippen LogP contribution is 2.36. The van der Waals surface area contributed by atoms with E-state index in [1.54, 1.807) is 19.1 Å². The Morgan fingerprint density at radius 1 is 1.05 bits per heavy atom. The lowest BCUT2D eigenvalue weighted by Gasteiger charge is -2.10. The quantitative estimate of drug-likeness (QED) is 0.644. The summed E-state index contributed by atoms with van der Waals surface area (Å²) in [6, 6.07) is 5.38. The van der Waals surface area contributed by atoms with E-state index < -0.39 is 17.3 Å². The van der Waals surface area contributed by atoms with E-state index in [1.807, 2.05) is 0 Å². The lowest BCUT2D eigenvalue weighted by atomic mass is 10.0. The standard InChI is InChI=1S/C13H9F3N2O/c1-6-4-7-9(17-6)2-3-10-12(7)8(13(14,15)16)5-11(19)18-10/h2-5,17H,1H3,(H,18,19). The molecule has 1 aromatic carbocycles. The van der Waals surface area contributed by atoms with Crippen LogP contribution in [0.2, 0.25) is 0 Å². The van der Waals surface area contributed by atoms with Gasteiger partial charge in [0.05, 0.1) is 5.56 Å². The van der Waals surface area contributed by atoms with Gasteiger partial charge in [0, 0.05) is 33.6 Å². The van der Waals surface area contributed by atoms with Crippen LogP contribution in [0.1, 0.15) is 11.3 Å². The predicted molar refractivity (Wildman–Crippen MR) is 66.2 cm³/mol. The first-order chi connectivity index (χ1) is 8.86. The molecule has 98 valence electrons. The van der Waals surface area contributed by atoms with E-state index in [2.05, 4.69) is 9.97 Å². The van der Waals surface area contributed by atoms with Gasteiger partial charge in [-0.05, 0) is 25.1 Å². The van der Waals surface area contributed by atoms with Crippen molar-refractivity contribution < 1.29 is 13.2 Å². The van der Waals surface area contributed by atoms with E-state index in [4.69, 9.17) is 0 Å². The van der Waals surface area contributed by atoms with E-state index in [0.29, 0.717) is 17.0 Å². The van der Waals surface area contributed by atoms with E-state index >= 15 is 0 Å². The van der Waals surface area contributed by atoms with Crippen LogP contribution in [0.15, 0.2) is 29.1 Å². The Morgan fingerprint density at radius 2 is 1.74 bits per heavy atom. The van der Waals surface area contributed by atoms with Crippen LogP contribution in [0.4, 0.5) is 13.2 Å². The Morgan fingerprint density at radius 3 is 2.42 bits per heavy atom. The zero-order valence-corrected chi connectivity index (χ0v) is 9.85. The van der Waals surface area contributed by atoms with Crippen LogP contribution in [0.3, 0.4) is 0 Å². The van der Waals surface area contributed by atoms with Crippen molar-refractivity contribution in [3.63, 3.8) is 0 Å². The van der Waals surface area contributed by atoms with Crippen LogP contribution in [0, 0.1) is 6.92 Å². The van der Waals surface area contributed by atoms with Crippen LogP contribution in [0.25, 0.3) is 21.8 Å². The largest absolute Gasteiger partial charge is 0.417 e. The molecule has 0 saturated heterocycles. The van der Waals surface area contributed by atoms with E-state index in [9.17, 15) is 18.0 Å². The summed E-state index contributed by atoms with van der Waals surface area (Å²) in [6.07, 6.45) is -4.56. The van der Waals surface area contributed by atoms with Gasteiger partial charge in [0.1, 0.15) is 0 Å². The zero-order chi connectivity index (χ0) is 13.8. The van der Waals surface area contributed by atoms with Crippen molar-refractivity contribution in [2.75, 3.05) is 0 Å². The van der Waals surface area contributed by atoms with Gasteiger partial charge in [0.15, 0.2) is 0 Å².